The molecule has 0 saturated heterocycles. The zero-order chi connectivity index (χ0) is 12.7. The smallest absolute Gasteiger partial charge is 0.0614 e. The predicted octanol–water partition coefficient (Wildman–Crippen LogP) is 3.20. The fourth-order valence-corrected chi connectivity index (χ4v) is 2.00. The van der Waals surface area contributed by atoms with Crippen LogP contribution in [0, 0.1) is 5.92 Å². The molecular weight excluding hydrogens is 212 g/mol. The summed E-state index contributed by atoms with van der Waals surface area (Å²) in [6.45, 7) is 4.34. The summed E-state index contributed by atoms with van der Waals surface area (Å²) < 4.78 is 0. The van der Waals surface area contributed by atoms with Crippen LogP contribution in [0.2, 0.25) is 0 Å². The van der Waals surface area contributed by atoms with Crippen molar-refractivity contribution in [3.63, 3.8) is 0 Å². The highest BCUT2D eigenvalue weighted by atomic mass is 16.3. The zero-order valence-electron chi connectivity index (χ0n) is 11.2. The van der Waals surface area contributed by atoms with Crippen LogP contribution in [-0.4, -0.2) is 22.9 Å². The Balaban J connectivity index is 2.13. The van der Waals surface area contributed by atoms with E-state index in [4.69, 9.17) is 5.11 Å². The molecule has 0 aromatic carbocycles. The molecule has 1 rings (SSSR count). The van der Waals surface area contributed by atoms with Gasteiger partial charge < -0.3 is 10.2 Å². The highest BCUT2D eigenvalue weighted by Crippen LogP contribution is 2.34. The first-order chi connectivity index (χ1) is 8.13. The van der Waals surface area contributed by atoms with Crippen LogP contribution in [0.3, 0.4) is 0 Å². The summed E-state index contributed by atoms with van der Waals surface area (Å²) >= 11 is 0. The standard InChI is InChI=1S/C15H26O2/c1-12(4-3-5-13(2)10-11-16)6-9-15(17)14-7-8-14/h4,10,14-17H,3,5-9,11H2,1-2H3. The Morgan fingerprint density at radius 1 is 1.18 bits per heavy atom. The topological polar surface area (TPSA) is 40.5 Å². The first kappa shape index (κ1) is 14.5. The average molecular weight is 238 g/mol. The van der Waals surface area contributed by atoms with E-state index >= 15 is 0 Å². The average Bonchev–Trinajstić information content (AvgIpc) is 3.10. The third-order valence-electron chi connectivity index (χ3n) is 3.47. The van der Waals surface area contributed by atoms with Gasteiger partial charge in [0.2, 0.25) is 0 Å². The Labute approximate surface area is 105 Å². The highest BCUT2D eigenvalue weighted by molar-refractivity contribution is 5.04. The summed E-state index contributed by atoms with van der Waals surface area (Å²) in [5.74, 6) is 0.595. The molecule has 2 heteroatoms. The van der Waals surface area contributed by atoms with Crippen LogP contribution in [0.4, 0.5) is 0 Å². The summed E-state index contributed by atoms with van der Waals surface area (Å²) in [4.78, 5) is 0. The normalized spacial score (nSPS) is 19.5. The highest BCUT2D eigenvalue weighted by Gasteiger charge is 2.28. The van der Waals surface area contributed by atoms with E-state index in [0.717, 1.165) is 25.7 Å². The van der Waals surface area contributed by atoms with Crippen molar-refractivity contribution in [1.29, 1.82) is 0 Å². The minimum Gasteiger partial charge on any atom is -0.393 e. The van der Waals surface area contributed by atoms with E-state index in [1.165, 1.54) is 24.0 Å². The SMILES string of the molecule is CC(=CCO)CCC=C(C)CCC(O)C1CC1. The fourth-order valence-electron chi connectivity index (χ4n) is 2.00. The lowest BCUT2D eigenvalue weighted by molar-refractivity contribution is 0.142. The van der Waals surface area contributed by atoms with Gasteiger partial charge in [-0.1, -0.05) is 23.3 Å². The first-order valence-electron chi connectivity index (χ1n) is 6.73. The number of rotatable bonds is 8. The molecule has 0 heterocycles. The van der Waals surface area contributed by atoms with E-state index < -0.39 is 0 Å². The predicted molar refractivity (Wildman–Crippen MR) is 71.8 cm³/mol. The molecule has 1 aliphatic rings. The quantitative estimate of drug-likeness (QED) is 0.637. The summed E-state index contributed by atoms with van der Waals surface area (Å²) in [5, 5.41) is 18.5. The van der Waals surface area contributed by atoms with Crippen molar-refractivity contribution in [1.82, 2.24) is 0 Å². The Kier molecular flexibility index (Phi) is 6.53. The van der Waals surface area contributed by atoms with Gasteiger partial charge in [0.1, 0.15) is 0 Å². The van der Waals surface area contributed by atoms with Crippen LogP contribution in [0.15, 0.2) is 23.3 Å². The van der Waals surface area contributed by atoms with Crippen molar-refractivity contribution >= 4 is 0 Å². The second kappa shape index (κ2) is 7.67. The third kappa shape index (κ3) is 6.64. The van der Waals surface area contributed by atoms with Crippen LogP contribution in [-0.2, 0) is 0 Å². The molecule has 0 aliphatic heterocycles. The Hall–Kier alpha value is -0.600. The molecule has 0 spiro atoms. The molecule has 0 aromatic heterocycles. The van der Waals surface area contributed by atoms with Crippen molar-refractivity contribution < 1.29 is 10.2 Å². The molecule has 1 fully saturated rings. The van der Waals surface area contributed by atoms with Gasteiger partial charge >= 0.3 is 0 Å². The lowest BCUT2D eigenvalue weighted by atomic mass is 10.0. The lowest BCUT2D eigenvalue weighted by Gasteiger charge is -2.08. The fraction of sp³-hybridized carbons (Fsp3) is 0.733. The molecule has 2 N–H and O–H groups in total. The van der Waals surface area contributed by atoms with E-state index in [1.807, 2.05) is 6.08 Å². The van der Waals surface area contributed by atoms with Gasteiger partial charge in [-0.2, -0.15) is 0 Å². The Bertz CT molecular complexity index is 275. The monoisotopic (exact) mass is 238 g/mol. The summed E-state index contributed by atoms with van der Waals surface area (Å²) in [7, 11) is 0. The van der Waals surface area contributed by atoms with E-state index in [2.05, 4.69) is 19.9 Å². The number of hydrogen-bond donors (Lipinski definition) is 2. The van der Waals surface area contributed by atoms with Gasteiger partial charge in [-0.05, 0) is 58.3 Å². The Morgan fingerprint density at radius 2 is 1.82 bits per heavy atom. The third-order valence-corrected chi connectivity index (χ3v) is 3.47. The second-order valence-corrected chi connectivity index (χ2v) is 5.27. The van der Waals surface area contributed by atoms with E-state index in [0.29, 0.717) is 5.92 Å². The van der Waals surface area contributed by atoms with Crippen molar-refractivity contribution in [2.24, 2.45) is 5.92 Å². The molecule has 1 saturated carbocycles. The van der Waals surface area contributed by atoms with Crippen LogP contribution < -0.4 is 0 Å². The number of aliphatic hydroxyl groups excluding tert-OH is 2. The van der Waals surface area contributed by atoms with Gasteiger partial charge in [-0.15, -0.1) is 0 Å². The van der Waals surface area contributed by atoms with Gasteiger partial charge in [0.25, 0.3) is 0 Å². The van der Waals surface area contributed by atoms with Crippen molar-refractivity contribution in [3.8, 4) is 0 Å². The van der Waals surface area contributed by atoms with Gasteiger partial charge in [-0.25, -0.2) is 0 Å². The molecule has 1 atom stereocenters. The lowest BCUT2D eigenvalue weighted by Crippen LogP contribution is -2.08. The van der Waals surface area contributed by atoms with Crippen molar-refractivity contribution in [2.45, 2.75) is 58.5 Å². The molecule has 0 aromatic rings. The van der Waals surface area contributed by atoms with Crippen LogP contribution >= 0.6 is 0 Å². The van der Waals surface area contributed by atoms with E-state index in [9.17, 15) is 5.11 Å². The van der Waals surface area contributed by atoms with Gasteiger partial charge in [-0.3, -0.25) is 0 Å². The van der Waals surface area contributed by atoms with Crippen molar-refractivity contribution in [2.75, 3.05) is 6.61 Å². The largest absolute Gasteiger partial charge is 0.393 e. The molecule has 0 radical (unpaired) electrons. The summed E-state index contributed by atoms with van der Waals surface area (Å²) in [6, 6.07) is 0. The van der Waals surface area contributed by atoms with Gasteiger partial charge in [0, 0.05) is 0 Å². The zero-order valence-corrected chi connectivity index (χ0v) is 11.2. The minimum absolute atomic E-state index is 0.0747. The second-order valence-electron chi connectivity index (χ2n) is 5.27. The molecule has 1 unspecified atom stereocenters. The first-order valence-corrected chi connectivity index (χ1v) is 6.73. The number of hydrogen-bond acceptors (Lipinski definition) is 2. The van der Waals surface area contributed by atoms with E-state index in [-0.39, 0.29) is 12.7 Å². The number of aliphatic hydroxyl groups is 2. The van der Waals surface area contributed by atoms with Gasteiger partial charge in [0.15, 0.2) is 0 Å². The molecule has 0 amide bonds. The maximum absolute atomic E-state index is 9.76. The van der Waals surface area contributed by atoms with E-state index in [1.54, 1.807) is 0 Å². The molecule has 2 nitrogen and oxygen atoms in total. The van der Waals surface area contributed by atoms with Crippen LogP contribution in [0.25, 0.3) is 0 Å². The maximum atomic E-state index is 9.76. The molecule has 98 valence electrons. The maximum Gasteiger partial charge on any atom is 0.0614 e. The summed E-state index contributed by atoms with van der Waals surface area (Å²) in [6.07, 6.45) is 10.5. The molecular formula is C15H26O2. The molecule has 0 bridgehead atoms. The molecule has 17 heavy (non-hydrogen) atoms. The summed E-state index contributed by atoms with van der Waals surface area (Å²) in [5.41, 5.74) is 2.62. The number of allylic oxidation sites excluding steroid dienone is 3. The minimum atomic E-state index is -0.0747. The van der Waals surface area contributed by atoms with Crippen LogP contribution in [0.5, 0.6) is 0 Å². The van der Waals surface area contributed by atoms with Crippen molar-refractivity contribution in [3.05, 3.63) is 23.3 Å². The molecule has 1 aliphatic carbocycles. The Morgan fingerprint density at radius 3 is 2.41 bits per heavy atom. The van der Waals surface area contributed by atoms with Gasteiger partial charge in [0.05, 0.1) is 12.7 Å². The van der Waals surface area contributed by atoms with Crippen LogP contribution in [0.1, 0.15) is 52.4 Å².